The second kappa shape index (κ2) is 8.21. The van der Waals surface area contributed by atoms with Crippen molar-refractivity contribution in [2.24, 2.45) is 0 Å². The highest BCUT2D eigenvalue weighted by atomic mass is 19.2. The van der Waals surface area contributed by atoms with Crippen molar-refractivity contribution in [3.63, 3.8) is 0 Å². The van der Waals surface area contributed by atoms with Crippen molar-refractivity contribution in [3.8, 4) is 0 Å². The minimum absolute atomic E-state index is 0.0593. The second-order valence-electron chi connectivity index (χ2n) is 4.61. The van der Waals surface area contributed by atoms with Crippen molar-refractivity contribution in [2.45, 2.75) is 32.2 Å². The molecule has 22 heavy (non-hydrogen) atoms. The third-order valence-electron chi connectivity index (χ3n) is 3.08. The van der Waals surface area contributed by atoms with E-state index in [2.05, 4.69) is 10.1 Å². The SMILES string of the molecule is CCC(=O)CC[C@H](NC(=O)c1ccc(F)c(F)c1)C(=O)OC. The maximum Gasteiger partial charge on any atom is 0.328 e. The van der Waals surface area contributed by atoms with Crippen molar-refractivity contribution in [1.82, 2.24) is 5.32 Å². The number of Topliss-reactive ketones (excluding diaryl/α,β-unsaturated/α-hetero) is 1. The van der Waals surface area contributed by atoms with E-state index in [9.17, 15) is 23.2 Å². The van der Waals surface area contributed by atoms with Gasteiger partial charge in [-0.15, -0.1) is 0 Å². The lowest BCUT2D eigenvalue weighted by Crippen LogP contribution is -2.41. The third-order valence-corrected chi connectivity index (χ3v) is 3.08. The zero-order chi connectivity index (χ0) is 16.7. The number of ketones is 1. The Morgan fingerprint density at radius 1 is 1.23 bits per heavy atom. The predicted molar refractivity (Wildman–Crippen MR) is 74.2 cm³/mol. The highest BCUT2D eigenvalue weighted by Crippen LogP contribution is 2.10. The van der Waals surface area contributed by atoms with Gasteiger partial charge in [-0.2, -0.15) is 0 Å². The van der Waals surface area contributed by atoms with Gasteiger partial charge in [-0.3, -0.25) is 9.59 Å². The molecule has 0 aliphatic heterocycles. The zero-order valence-corrected chi connectivity index (χ0v) is 12.3. The molecule has 1 aromatic rings. The fourth-order valence-electron chi connectivity index (χ4n) is 1.75. The van der Waals surface area contributed by atoms with Crippen molar-refractivity contribution in [2.75, 3.05) is 7.11 Å². The van der Waals surface area contributed by atoms with E-state index in [-0.39, 0.29) is 24.2 Å². The maximum atomic E-state index is 13.1. The molecule has 0 heterocycles. The van der Waals surface area contributed by atoms with Gasteiger partial charge in [-0.05, 0) is 24.6 Å². The number of halogens is 2. The van der Waals surface area contributed by atoms with Gasteiger partial charge in [0.05, 0.1) is 7.11 Å². The first-order valence-electron chi connectivity index (χ1n) is 6.74. The molecule has 5 nitrogen and oxygen atoms in total. The van der Waals surface area contributed by atoms with Gasteiger partial charge in [0.2, 0.25) is 0 Å². The van der Waals surface area contributed by atoms with Gasteiger partial charge in [0.1, 0.15) is 11.8 Å². The molecule has 0 saturated heterocycles. The highest BCUT2D eigenvalue weighted by molar-refractivity contribution is 5.96. The number of methoxy groups -OCH3 is 1. The average Bonchev–Trinajstić information content (AvgIpc) is 2.52. The number of nitrogens with one attached hydrogen (secondary N) is 1. The van der Waals surface area contributed by atoms with Crippen LogP contribution in [0.25, 0.3) is 0 Å². The highest BCUT2D eigenvalue weighted by Gasteiger charge is 2.23. The monoisotopic (exact) mass is 313 g/mol. The van der Waals surface area contributed by atoms with Crippen molar-refractivity contribution in [1.29, 1.82) is 0 Å². The summed E-state index contributed by atoms with van der Waals surface area (Å²) in [7, 11) is 1.15. The first-order valence-corrected chi connectivity index (χ1v) is 6.74. The Balaban J connectivity index is 2.79. The molecule has 1 rings (SSSR count). The van der Waals surface area contributed by atoms with E-state index in [1.807, 2.05) is 0 Å². The summed E-state index contributed by atoms with van der Waals surface area (Å²) in [4.78, 5) is 34.9. The molecule has 1 aromatic carbocycles. The maximum absolute atomic E-state index is 13.1. The van der Waals surface area contributed by atoms with Crippen LogP contribution in [0.5, 0.6) is 0 Å². The van der Waals surface area contributed by atoms with Crippen LogP contribution < -0.4 is 5.32 Å². The lowest BCUT2D eigenvalue weighted by molar-refractivity contribution is -0.143. The summed E-state index contributed by atoms with van der Waals surface area (Å²) in [6.45, 7) is 1.69. The van der Waals surface area contributed by atoms with Crippen molar-refractivity contribution in [3.05, 3.63) is 35.4 Å². The Morgan fingerprint density at radius 3 is 2.45 bits per heavy atom. The molecule has 1 atom stereocenters. The van der Waals surface area contributed by atoms with Crippen molar-refractivity contribution < 1.29 is 27.9 Å². The summed E-state index contributed by atoms with van der Waals surface area (Å²) in [5.41, 5.74) is -0.130. The topological polar surface area (TPSA) is 72.5 Å². The first-order chi connectivity index (χ1) is 10.4. The smallest absolute Gasteiger partial charge is 0.328 e. The molecule has 0 bridgehead atoms. The molecule has 0 unspecified atom stereocenters. The van der Waals surface area contributed by atoms with Crippen LogP contribution in [0.4, 0.5) is 8.78 Å². The van der Waals surface area contributed by atoms with Crippen LogP contribution in [-0.2, 0) is 14.3 Å². The van der Waals surface area contributed by atoms with Crippen LogP contribution in [0.15, 0.2) is 18.2 Å². The number of rotatable bonds is 7. The minimum atomic E-state index is -1.16. The largest absolute Gasteiger partial charge is 0.467 e. The van der Waals surface area contributed by atoms with E-state index in [4.69, 9.17) is 0 Å². The normalized spacial score (nSPS) is 11.6. The third kappa shape index (κ3) is 4.91. The molecular formula is C15H17F2NO4. The molecule has 1 amide bonds. The summed E-state index contributed by atoms with van der Waals surface area (Å²) in [6, 6.07) is 1.62. The molecule has 0 saturated carbocycles. The number of esters is 1. The molecule has 0 radical (unpaired) electrons. The zero-order valence-electron chi connectivity index (χ0n) is 12.3. The van der Waals surface area contributed by atoms with Gasteiger partial charge >= 0.3 is 5.97 Å². The van der Waals surface area contributed by atoms with Gasteiger partial charge < -0.3 is 10.1 Å². The summed E-state index contributed by atoms with van der Waals surface area (Å²) in [6.07, 6.45) is 0.508. The average molecular weight is 313 g/mol. The molecule has 0 aromatic heterocycles. The number of ether oxygens (including phenoxy) is 1. The fraction of sp³-hybridized carbons (Fsp3) is 0.400. The van der Waals surface area contributed by atoms with Crippen LogP contribution in [-0.4, -0.2) is 30.8 Å². The molecule has 120 valence electrons. The van der Waals surface area contributed by atoms with Gasteiger partial charge in [-0.25, -0.2) is 13.6 Å². The standard InChI is InChI=1S/C15H17F2NO4/c1-3-10(19)5-7-13(15(21)22-2)18-14(20)9-4-6-11(16)12(17)8-9/h4,6,8,13H,3,5,7H2,1-2H3,(H,18,20)/t13-/m0/s1. The number of benzene rings is 1. The molecule has 0 aliphatic carbocycles. The minimum Gasteiger partial charge on any atom is -0.467 e. The summed E-state index contributed by atoms with van der Waals surface area (Å²) in [5.74, 6) is -3.76. The van der Waals surface area contributed by atoms with E-state index >= 15 is 0 Å². The summed E-state index contributed by atoms with van der Waals surface area (Å²) in [5, 5.41) is 2.36. The Bertz CT molecular complexity index is 575. The molecular weight excluding hydrogens is 296 g/mol. The lowest BCUT2D eigenvalue weighted by atomic mass is 10.1. The van der Waals surface area contributed by atoms with Crippen LogP contribution in [0.2, 0.25) is 0 Å². The van der Waals surface area contributed by atoms with Gasteiger partial charge in [0, 0.05) is 18.4 Å². The van der Waals surface area contributed by atoms with Gasteiger partial charge in [0.15, 0.2) is 11.6 Å². The lowest BCUT2D eigenvalue weighted by Gasteiger charge is -2.16. The number of carbonyl (C=O) groups is 3. The molecule has 0 aliphatic rings. The summed E-state index contributed by atoms with van der Waals surface area (Å²) >= 11 is 0. The predicted octanol–water partition coefficient (Wildman–Crippen LogP) is 2.00. The number of hydrogen-bond acceptors (Lipinski definition) is 4. The van der Waals surface area contributed by atoms with Crippen LogP contribution in [0.1, 0.15) is 36.5 Å². The van der Waals surface area contributed by atoms with Crippen molar-refractivity contribution >= 4 is 17.7 Å². The Kier molecular flexibility index (Phi) is 6.62. The quantitative estimate of drug-likeness (QED) is 0.781. The van der Waals surface area contributed by atoms with E-state index < -0.39 is 29.6 Å². The van der Waals surface area contributed by atoms with E-state index in [1.165, 1.54) is 0 Å². The Hall–Kier alpha value is -2.31. The number of carbonyl (C=O) groups excluding carboxylic acids is 3. The molecule has 0 spiro atoms. The Morgan fingerprint density at radius 2 is 1.91 bits per heavy atom. The molecule has 0 fully saturated rings. The van der Waals surface area contributed by atoms with Crippen LogP contribution in [0.3, 0.4) is 0 Å². The number of hydrogen-bond donors (Lipinski definition) is 1. The van der Waals surface area contributed by atoms with Crippen LogP contribution >= 0.6 is 0 Å². The molecule has 7 heteroatoms. The Labute approximate surface area is 126 Å². The second-order valence-corrected chi connectivity index (χ2v) is 4.61. The summed E-state index contributed by atoms with van der Waals surface area (Å²) < 4.78 is 30.5. The van der Waals surface area contributed by atoms with Gasteiger partial charge in [0.25, 0.3) is 5.91 Å². The first kappa shape index (κ1) is 17.7. The van der Waals surface area contributed by atoms with E-state index in [0.29, 0.717) is 6.42 Å². The van der Waals surface area contributed by atoms with Gasteiger partial charge in [-0.1, -0.05) is 6.92 Å². The number of amides is 1. The fourth-order valence-corrected chi connectivity index (χ4v) is 1.75. The van der Waals surface area contributed by atoms with Crippen LogP contribution in [0, 0.1) is 11.6 Å². The van der Waals surface area contributed by atoms with E-state index in [1.54, 1.807) is 6.92 Å². The molecule has 1 N–H and O–H groups in total. The van der Waals surface area contributed by atoms with E-state index in [0.717, 1.165) is 25.3 Å².